The average molecular weight is 458 g/mol. The first-order chi connectivity index (χ1) is 16.9. The minimum Gasteiger partial charge on any atom is -0.316 e. The van der Waals surface area contributed by atoms with E-state index in [4.69, 9.17) is 4.98 Å². The summed E-state index contributed by atoms with van der Waals surface area (Å²) in [7, 11) is 0. The summed E-state index contributed by atoms with van der Waals surface area (Å²) >= 11 is 0. The van der Waals surface area contributed by atoms with Crippen molar-refractivity contribution in [3.63, 3.8) is 0 Å². The van der Waals surface area contributed by atoms with Gasteiger partial charge in [-0.15, -0.1) is 6.58 Å². The van der Waals surface area contributed by atoms with E-state index in [1.165, 1.54) is 33.6 Å². The van der Waals surface area contributed by atoms with Crippen molar-refractivity contribution in [3.8, 4) is 11.1 Å². The first-order valence-corrected chi connectivity index (χ1v) is 12.3. The highest BCUT2D eigenvalue weighted by molar-refractivity contribution is 5.91. The van der Waals surface area contributed by atoms with Crippen molar-refractivity contribution >= 4 is 22.9 Å². The van der Waals surface area contributed by atoms with Crippen LogP contribution in [0.4, 0.5) is 22.9 Å². The van der Waals surface area contributed by atoms with Gasteiger partial charge < -0.3 is 9.80 Å². The fourth-order valence-corrected chi connectivity index (χ4v) is 6.20. The lowest BCUT2D eigenvalue weighted by molar-refractivity contribution is 0.171. The maximum absolute atomic E-state index is 4.93. The molecule has 35 heavy (non-hydrogen) atoms. The number of allylic oxidation sites excluding steroid dienone is 1. The van der Waals surface area contributed by atoms with Crippen molar-refractivity contribution in [2.45, 2.75) is 39.3 Å². The molecule has 4 aromatic rings. The second-order valence-electron chi connectivity index (χ2n) is 10.4. The lowest BCUT2D eigenvalue weighted by Gasteiger charge is -2.56. The highest BCUT2D eigenvalue weighted by Crippen LogP contribution is 2.62. The fourth-order valence-electron chi connectivity index (χ4n) is 6.20. The highest BCUT2D eigenvalue weighted by Gasteiger charge is 2.59. The summed E-state index contributed by atoms with van der Waals surface area (Å²) in [5.41, 5.74) is 8.21. The van der Waals surface area contributed by atoms with Crippen LogP contribution in [0.15, 0.2) is 104 Å². The van der Waals surface area contributed by atoms with Crippen molar-refractivity contribution in [1.29, 1.82) is 0 Å². The highest BCUT2D eigenvalue weighted by atomic mass is 15.5. The molecule has 3 heteroatoms. The number of hydrogen-bond donors (Lipinski definition) is 0. The molecule has 1 aromatic heterocycles. The topological polar surface area (TPSA) is 19.4 Å². The summed E-state index contributed by atoms with van der Waals surface area (Å²) < 4.78 is 0. The molecule has 2 aliphatic heterocycles. The molecule has 0 bridgehead atoms. The Morgan fingerprint density at radius 1 is 0.771 bits per heavy atom. The van der Waals surface area contributed by atoms with E-state index in [-0.39, 0.29) is 17.0 Å². The molecule has 0 amide bonds. The van der Waals surface area contributed by atoms with E-state index in [9.17, 15) is 0 Å². The van der Waals surface area contributed by atoms with Crippen molar-refractivity contribution in [2.24, 2.45) is 5.41 Å². The molecule has 3 nitrogen and oxygen atoms in total. The Morgan fingerprint density at radius 2 is 1.46 bits per heavy atom. The quantitative estimate of drug-likeness (QED) is 0.289. The summed E-state index contributed by atoms with van der Waals surface area (Å²) in [6, 6.07) is 30.3. The zero-order valence-corrected chi connectivity index (χ0v) is 20.9. The Hall–Kier alpha value is -3.85. The Balaban J connectivity index is 1.64. The zero-order valence-electron chi connectivity index (χ0n) is 20.9. The van der Waals surface area contributed by atoms with Crippen molar-refractivity contribution in [2.75, 3.05) is 9.80 Å². The Kier molecular flexibility index (Phi) is 4.69. The number of hydrogen-bond acceptors (Lipinski definition) is 3. The fraction of sp³-hybridized carbons (Fsp3) is 0.219. The molecular weight excluding hydrogens is 426 g/mol. The molecule has 0 aliphatic carbocycles. The molecule has 0 saturated heterocycles. The van der Waals surface area contributed by atoms with Crippen LogP contribution in [0, 0.1) is 12.3 Å². The molecule has 0 radical (unpaired) electrons. The number of pyridine rings is 1. The van der Waals surface area contributed by atoms with Gasteiger partial charge in [-0.05, 0) is 53.4 Å². The van der Waals surface area contributed by atoms with Crippen molar-refractivity contribution in [1.82, 2.24) is 4.98 Å². The third-order valence-corrected chi connectivity index (χ3v) is 8.51. The molecule has 0 saturated carbocycles. The van der Waals surface area contributed by atoms with Gasteiger partial charge in [0.25, 0.3) is 0 Å². The Bertz CT molecular complexity index is 1440. The molecule has 3 aromatic carbocycles. The number of para-hydroxylation sites is 1. The van der Waals surface area contributed by atoms with Crippen molar-refractivity contribution in [3.05, 3.63) is 115 Å². The summed E-state index contributed by atoms with van der Waals surface area (Å²) in [6.45, 7) is 13.6. The van der Waals surface area contributed by atoms with Crippen LogP contribution in [0.3, 0.4) is 0 Å². The standard InChI is InChI=1S/C32H31N3/c1-6-32(5)25-17-10-11-18-27(25)35-29-28(20-13-21-33-29)34(30(35)31(32,3)4)26-19-12-16-24(22(26)2)23-14-8-7-9-15-23/h6-21,30H,1H2,2-5H3. The second kappa shape index (κ2) is 7.58. The largest absolute Gasteiger partial charge is 0.316 e. The average Bonchev–Trinajstić information content (AvgIpc) is 3.24. The maximum atomic E-state index is 4.93. The predicted molar refractivity (Wildman–Crippen MR) is 147 cm³/mol. The van der Waals surface area contributed by atoms with Crippen LogP contribution in [0.1, 0.15) is 31.9 Å². The number of benzene rings is 3. The number of rotatable bonds is 3. The van der Waals surface area contributed by atoms with Crippen molar-refractivity contribution < 1.29 is 0 Å². The van der Waals surface area contributed by atoms with Gasteiger partial charge in [-0.1, -0.05) is 87.5 Å². The van der Waals surface area contributed by atoms with E-state index in [1.807, 2.05) is 12.3 Å². The van der Waals surface area contributed by atoms with Gasteiger partial charge in [0.1, 0.15) is 6.17 Å². The third-order valence-electron chi connectivity index (χ3n) is 8.51. The lowest BCUT2D eigenvalue weighted by atomic mass is 9.58. The Labute approximate surface area is 208 Å². The van der Waals surface area contributed by atoms with E-state index < -0.39 is 0 Å². The van der Waals surface area contributed by atoms with E-state index in [0.717, 1.165) is 11.5 Å². The smallest absolute Gasteiger partial charge is 0.158 e. The summed E-state index contributed by atoms with van der Waals surface area (Å²) in [5, 5.41) is 0. The third kappa shape index (κ3) is 2.81. The SMILES string of the molecule is C=CC1(C)c2ccccc2N2c3ncccc3N(c3cccc(-c4ccccc4)c3C)C2C1(C)C. The molecule has 0 fully saturated rings. The molecule has 3 heterocycles. The minimum absolute atomic E-state index is 0.0371. The van der Waals surface area contributed by atoms with Crippen LogP contribution < -0.4 is 9.80 Å². The zero-order chi connectivity index (χ0) is 24.4. The number of nitrogens with zero attached hydrogens (tertiary/aromatic N) is 3. The normalized spacial score (nSPS) is 21.8. The monoisotopic (exact) mass is 457 g/mol. The Morgan fingerprint density at radius 3 is 2.23 bits per heavy atom. The van der Waals surface area contributed by atoms with Gasteiger partial charge in [-0.25, -0.2) is 4.98 Å². The number of anilines is 4. The van der Waals surface area contributed by atoms with Gasteiger partial charge in [-0.3, -0.25) is 0 Å². The van der Waals surface area contributed by atoms with Gasteiger partial charge >= 0.3 is 0 Å². The molecule has 2 unspecified atom stereocenters. The molecule has 2 aliphatic rings. The van der Waals surface area contributed by atoms with E-state index in [2.05, 4.69) is 129 Å². The van der Waals surface area contributed by atoms with Gasteiger partial charge in [0.2, 0.25) is 0 Å². The van der Waals surface area contributed by atoms with Gasteiger partial charge in [0.05, 0.1) is 5.69 Å². The van der Waals surface area contributed by atoms with E-state index >= 15 is 0 Å². The first kappa shape index (κ1) is 21.7. The number of aromatic nitrogens is 1. The number of fused-ring (bicyclic) bond motifs is 5. The first-order valence-electron chi connectivity index (χ1n) is 12.3. The van der Waals surface area contributed by atoms with Crippen LogP contribution in [0.25, 0.3) is 11.1 Å². The predicted octanol–water partition coefficient (Wildman–Crippen LogP) is 8.16. The summed E-state index contributed by atoms with van der Waals surface area (Å²) in [6.07, 6.45) is 4.09. The molecule has 0 N–H and O–H groups in total. The summed E-state index contributed by atoms with van der Waals surface area (Å²) in [5.74, 6) is 1.01. The van der Waals surface area contributed by atoms with Gasteiger partial charge in [0, 0.05) is 28.4 Å². The van der Waals surface area contributed by atoms with Crippen LogP contribution >= 0.6 is 0 Å². The van der Waals surface area contributed by atoms with E-state index in [1.54, 1.807) is 0 Å². The second-order valence-corrected chi connectivity index (χ2v) is 10.4. The summed E-state index contributed by atoms with van der Waals surface area (Å²) in [4.78, 5) is 9.89. The molecule has 6 rings (SSSR count). The maximum Gasteiger partial charge on any atom is 0.158 e. The van der Waals surface area contributed by atoms with Crippen LogP contribution in [0.2, 0.25) is 0 Å². The van der Waals surface area contributed by atoms with E-state index in [0.29, 0.717) is 0 Å². The minimum atomic E-state index is -0.226. The van der Waals surface area contributed by atoms with Crippen LogP contribution in [-0.2, 0) is 5.41 Å². The molecule has 174 valence electrons. The van der Waals surface area contributed by atoms with Gasteiger partial charge in [-0.2, -0.15) is 0 Å². The molecule has 2 atom stereocenters. The van der Waals surface area contributed by atoms with Gasteiger partial charge in [0.15, 0.2) is 5.82 Å². The lowest BCUT2D eigenvalue weighted by Crippen LogP contribution is -2.60. The molecular formula is C32H31N3. The van der Waals surface area contributed by atoms with Crippen LogP contribution in [-0.4, -0.2) is 11.1 Å². The van der Waals surface area contributed by atoms with Crippen LogP contribution in [0.5, 0.6) is 0 Å². The molecule has 0 spiro atoms.